The molecule has 0 atom stereocenters. The summed E-state index contributed by atoms with van der Waals surface area (Å²) in [5, 5.41) is 5.58. The van der Waals surface area contributed by atoms with E-state index in [2.05, 4.69) is 61.2 Å². The maximum atomic E-state index is 6.16. The molecule has 3 heterocycles. The van der Waals surface area contributed by atoms with E-state index < -0.39 is 0 Å². The van der Waals surface area contributed by atoms with Crippen LogP contribution in [0.3, 0.4) is 0 Å². The number of aromatic nitrogens is 3. The summed E-state index contributed by atoms with van der Waals surface area (Å²) in [4.78, 5) is 8.60. The van der Waals surface area contributed by atoms with E-state index in [9.17, 15) is 0 Å². The summed E-state index contributed by atoms with van der Waals surface area (Å²) in [7, 11) is 1.98. The monoisotopic (exact) mass is 679 g/mol. The summed E-state index contributed by atoms with van der Waals surface area (Å²) in [5.74, 6) is 1.93. The number of anilines is 1. The van der Waals surface area contributed by atoms with Gasteiger partial charge >= 0.3 is 0 Å². The zero-order valence-electron chi connectivity index (χ0n) is 21.5. The Balaban J connectivity index is 0.00000294. The third kappa shape index (κ3) is 4.97. The molecular formula is C31H26N5OPt-3. The average molecular weight is 680 g/mol. The minimum atomic E-state index is 0. The van der Waals surface area contributed by atoms with Crippen molar-refractivity contribution >= 4 is 16.6 Å². The molecule has 1 aliphatic rings. The first-order valence-corrected chi connectivity index (χ1v) is 12.1. The number of benzene rings is 3. The van der Waals surface area contributed by atoms with E-state index in [1.807, 2.05) is 89.4 Å². The van der Waals surface area contributed by atoms with Crippen molar-refractivity contribution in [3.63, 3.8) is 0 Å². The van der Waals surface area contributed by atoms with E-state index in [-0.39, 0.29) is 21.1 Å². The number of rotatable bonds is 5. The van der Waals surface area contributed by atoms with Crippen LogP contribution in [0.25, 0.3) is 27.8 Å². The summed E-state index contributed by atoms with van der Waals surface area (Å²) in [6.45, 7) is 8.41. The van der Waals surface area contributed by atoms with Crippen molar-refractivity contribution in [2.24, 2.45) is 0 Å². The third-order valence-corrected chi connectivity index (χ3v) is 6.40. The molecule has 0 aliphatic carbocycles. The molecule has 5 aromatic rings. The summed E-state index contributed by atoms with van der Waals surface area (Å²) >= 11 is 0. The fourth-order valence-electron chi connectivity index (χ4n) is 4.85. The number of pyridine rings is 1. The second-order valence-electron chi connectivity index (χ2n) is 9.35. The molecule has 38 heavy (non-hydrogen) atoms. The molecule has 0 amide bonds. The van der Waals surface area contributed by atoms with Gasteiger partial charge in [0.05, 0.1) is 0 Å². The SMILES string of the molecule is Cc1cc(C)c(-c2ccnc(-n3ncc4ccc(Oc5[c-]c(N6C=CN(C)[CH-]6)ccc5)[c-]c43)c2)c(C)c1.[Pt]. The molecule has 0 radical (unpaired) electrons. The molecular weight excluding hydrogens is 653 g/mol. The first-order valence-electron chi connectivity index (χ1n) is 12.1. The quantitative estimate of drug-likeness (QED) is 0.193. The van der Waals surface area contributed by atoms with Crippen molar-refractivity contribution in [1.29, 1.82) is 0 Å². The Hall–Kier alpha value is -3.89. The van der Waals surface area contributed by atoms with Crippen molar-refractivity contribution in [3.05, 3.63) is 115 Å². The van der Waals surface area contributed by atoms with E-state index in [1.54, 1.807) is 0 Å². The molecule has 0 saturated heterocycles. The predicted octanol–water partition coefficient (Wildman–Crippen LogP) is 6.75. The summed E-state index contributed by atoms with van der Waals surface area (Å²) in [5.41, 5.74) is 7.79. The van der Waals surface area contributed by atoms with Gasteiger partial charge in [-0.15, -0.1) is 36.0 Å². The zero-order chi connectivity index (χ0) is 25.5. The Morgan fingerprint density at radius 1 is 0.895 bits per heavy atom. The van der Waals surface area contributed by atoms with Gasteiger partial charge in [-0.25, -0.2) is 9.67 Å². The second kappa shape index (κ2) is 10.5. The number of hydrogen-bond acceptors (Lipinski definition) is 5. The van der Waals surface area contributed by atoms with Gasteiger partial charge in [-0.05, 0) is 80.1 Å². The van der Waals surface area contributed by atoms with Gasteiger partial charge in [0, 0.05) is 45.0 Å². The number of nitrogens with zero attached hydrogens (tertiary/aromatic N) is 5. The van der Waals surface area contributed by atoms with Gasteiger partial charge in [0.2, 0.25) is 0 Å². The van der Waals surface area contributed by atoms with Gasteiger partial charge in [-0.2, -0.15) is 23.9 Å². The van der Waals surface area contributed by atoms with Crippen LogP contribution in [-0.2, 0) is 21.1 Å². The van der Waals surface area contributed by atoms with Crippen LogP contribution in [0, 0.1) is 39.6 Å². The van der Waals surface area contributed by atoms with Crippen LogP contribution >= 0.6 is 0 Å². The number of aryl methyl sites for hydroxylation is 3. The maximum absolute atomic E-state index is 6.16. The van der Waals surface area contributed by atoms with Crippen molar-refractivity contribution in [1.82, 2.24) is 19.7 Å². The Morgan fingerprint density at radius 2 is 1.68 bits per heavy atom. The molecule has 6 rings (SSSR count). The standard InChI is InChI=1S/C31H26N5O.Pt/c1-21-14-22(2)31(23(3)15-21)24-10-11-32-30(16-24)36-29-18-28(9-8-25(29)19-33-36)37-27-7-5-6-26(17-27)35-13-12-34(4)20-35;/h5-16,19-20H,1-4H3;/q-3;. The van der Waals surface area contributed by atoms with Crippen LogP contribution < -0.4 is 9.64 Å². The maximum Gasteiger partial charge on any atom is 0.152 e. The average Bonchev–Trinajstić information content (AvgIpc) is 3.50. The molecule has 3 aromatic carbocycles. The molecule has 1 aliphatic heterocycles. The molecule has 0 fully saturated rings. The van der Waals surface area contributed by atoms with Crippen LogP contribution in [0.5, 0.6) is 11.5 Å². The first kappa shape index (κ1) is 25.7. The van der Waals surface area contributed by atoms with Crippen LogP contribution in [0.2, 0.25) is 0 Å². The van der Waals surface area contributed by atoms with Crippen LogP contribution in [0.15, 0.2) is 79.4 Å². The first-order chi connectivity index (χ1) is 17.9. The third-order valence-electron chi connectivity index (χ3n) is 6.40. The Bertz CT molecular complexity index is 1630. The molecule has 0 unspecified atom stereocenters. The fraction of sp³-hybridized carbons (Fsp3) is 0.129. The summed E-state index contributed by atoms with van der Waals surface area (Å²) in [6, 6.07) is 25.0. The van der Waals surface area contributed by atoms with E-state index in [1.165, 1.54) is 22.3 Å². The van der Waals surface area contributed by atoms with E-state index in [0.717, 1.165) is 28.0 Å². The van der Waals surface area contributed by atoms with Gasteiger partial charge < -0.3 is 14.5 Å². The predicted molar refractivity (Wildman–Crippen MR) is 146 cm³/mol. The number of ether oxygens (including phenoxy) is 1. The van der Waals surface area contributed by atoms with E-state index in [0.29, 0.717) is 11.5 Å². The van der Waals surface area contributed by atoms with Crippen molar-refractivity contribution < 1.29 is 25.8 Å². The molecule has 0 saturated carbocycles. The van der Waals surface area contributed by atoms with Gasteiger partial charge in [0.15, 0.2) is 5.82 Å². The number of fused-ring (bicyclic) bond motifs is 1. The smallest absolute Gasteiger partial charge is 0.152 e. The van der Waals surface area contributed by atoms with Crippen molar-refractivity contribution in [3.8, 4) is 28.4 Å². The Labute approximate surface area is 237 Å². The topological polar surface area (TPSA) is 46.4 Å². The van der Waals surface area contributed by atoms with Crippen molar-refractivity contribution in [2.75, 3.05) is 11.9 Å². The van der Waals surface area contributed by atoms with Crippen LogP contribution in [-0.4, -0.2) is 26.7 Å². The van der Waals surface area contributed by atoms with Crippen molar-refractivity contribution in [2.45, 2.75) is 20.8 Å². The largest absolute Gasteiger partial charge is 0.510 e. The van der Waals surface area contributed by atoms with Gasteiger partial charge in [0.25, 0.3) is 0 Å². The van der Waals surface area contributed by atoms with Crippen LogP contribution in [0.4, 0.5) is 5.69 Å². The number of hydrogen-bond donors (Lipinski definition) is 0. The zero-order valence-corrected chi connectivity index (χ0v) is 23.8. The molecule has 194 valence electrons. The molecule has 7 heteroatoms. The van der Waals surface area contributed by atoms with Gasteiger partial charge in [0.1, 0.15) is 0 Å². The fourth-order valence-corrected chi connectivity index (χ4v) is 4.85. The minimum Gasteiger partial charge on any atom is -0.510 e. The molecule has 6 nitrogen and oxygen atoms in total. The van der Waals surface area contributed by atoms with Gasteiger partial charge in [-0.3, -0.25) is 0 Å². The van der Waals surface area contributed by atoms with Crippen LogP contribution in [0.1, 0.15) is 16.7 Å². The Kier molecular flexibility index (Phi) is 7.09. The second-order valence-corrected chi connectivity index (χ2v) is 9.35. The Morgan fingerprint density at radius 3 is 2.45 bits per heavy atom. The molecule has 2 aromatic heterocycles. The van der Waals surface area contributed by atoms with Gasteiger partial charge in [-0.1, -0.05) is 23.1 Å². The van der Waals surface area contributed by atoms with E-state index in [4.69, 9.17) is 4.74 Å². The minimum absolute atomic E-state index is 0. The summed E-state index contributed by atoms with van der Waals surface area (Å²) in [6.07, 6.45) is 7.62. The molecule has 0 spiro atoms. The molecule has 0 bridgehead atoms. The normalized spacial score (nSPS) is 12.7. The van der Waals surface area contributed by atoms with E-state index >= 15 is 0 Å². The summed E-state index contributed by atoms with van der Waals surface area (Å²) < 4.78 is 7.97. The molecule has 0 N–H and O–H groups in total.